The van der Waals surface area contributed by atoms with Crippen molar-refractivity contribution in [2.75, 3.05) is 0 Å². The molecule has 0 aliphatic heterocycles. The van der Waals surface area contributed by atoms with Crippen LogP contribution in [0.3, 0.4) is 0 Å². The standard InChI is InChI=1S/C17H11ClN2O3S/c18-12-2-5-14(6-3-12)24(22,23)20-10-19-17-15-7-4-13(21)9-11(15)1-8-16(17)20/h1-10,21H. The molecule has 0 radical (unpaired) electrons. The van der Waals surface area contributed by atoms with Crippen LogP contribution in [-0.4, -0.2) is 22.5 Å². The Balaban J connectivity index is 1.97. The summed E-state index contributed by atoms with van der Waals surface area (Å²) in [5.74, 6) is 0.148. The number of hydrogen-bond donors (Lipinski definition) is 1. The van der Waals surface area contributed by atoms with Crippen molar-refractivity contribution in [3.63, 3.8) is 0 Å². The molecular weight excluding hydrogens is 348 g/mol. The van der Waals surface area contributed by atoms with E-state index in [4.69, 9.17) is 11.6 Å². The third-order valence-corrected chi connectivity index (χ3v) is 5.78. The summed E-state index contributed by atoms with van der Waals surface area (Å²) in [6, 6.07) is 14.3. The number of nitrogens with zero attached hydrogens (tertiary/aromatic N) is 2. The zero-order valence-electron chi connectivity index (χ0n) is 12.2. The molecule has 5 nitrogen and oxygen atoms in total. The van der Waals surface area contributed by atoms with Crippen LogP contribution in [0.1, 0.15) is 0 Å². The minimum absolute atomic E-state index is 0.136. The van der Waals surface area contributed by atoms with Gasteiger partial charge in [0.1, 0.15) is 12.1 Å². The van der Waals surface area contributed by atoms with E-state index in [9.17, 15) is 13.5 Å². The van der Waals surface area contributed by atoms with Crippen molar-refractivity contribution in [2.24, 2.45) is 0 Å². The summed E-state index contributed by atoms with van der Waals surface area (Å²) in [4.78, 5) is 4.40. The van der Waals surface area contributed by atoms with Gasteiger partial charge in [0.2, 0.25) is 0 Å². The first-order valence-electron chi connectivity index (χ1n) is 7.07. The maximum absolute atomic E-state index is 12.9. The predicted octanol–water partition coefficient (Wildman–Crippen LogP) is 3.79. The van der Waals surface area contributed by atoms with Crippen LogP contribution in [0.2, 0.25) is 5.02 Å². The molecule has 0 bridgehead atoms. The number of phenolic OH excluding ortho intramolecular Hbond substituents is 1. The zero-order valence-corrected chi connectivity index (χ0v) is 13.8. The Kier molecular flexibility index (Phi) is 3.26. The van der Waals surface area contributed by atoms with Gasteiger partial charge in [-0.2, -0.15) is 0 Å². The van der Waals surface area contributed by atoms with Crippen LogP contribution < -0.4 is 0 Å². The first kappa shape index (κ1) is 15.0. The summed E-state index contributed by atoms with van der Waals surface area (Å²) in [6.07, 6.45) is 1.29. The van der Waals surface area contributed by atoms with Crippen LogP contribution >= 0.6 is 11.6 Å². The van der Waals surface area contributed by atoms with Crippen LogP contribution in [0.25, 0.3) is 21.8 Å². The van der Waals surface area contributed by atoms with Crippen molar-refractivity contribution in [3.05, 3.63) is 65.9 Å². The van der Waals surface area contributed by atoms with Gasteiger partial charge < -0.3 is 5.11 Å². The maximum atomic E-state index is 12.9. The molecule has 24 heavy (non-hydrogen) atoms. The van der Waals surface area contributed by atoms with E-state index in [-0.39, 0.29) is 10.6 Å². The number of aromatic nitrogens is 2. The van der Waals surface area contributed by atoms with Crippen LogP contribution in [0, 0.1) is 0 Å². The Hall–Kier alpha value is -2.57. The lowest BCUT2D eigenvalue weighted by Gasteiger charge is -2.07. The Morgan fingerprint density at radius 3 is 2.50 bits per heavy atom. The van der Waals surface area contributed by atoms with Gasteiger partial charge in [-0.3, -0.25) is 0 Å². The first-order valence-corrected chi connectivity index (χ1v) is 8.88. The Morgan fingerprint density at radius 1 is 1.00 bits per heavy atom. The number of imidazole rings is 1. The highest BCUT2D eigenvalue weighted by Gasteiger charge is 2.20. The molecule has 3 aromatic carbocycles. The third-order valence-electron chi connectivity index (χ3n) is 3.85. The van der Waals surface area contributed by atoms with Crippen LogP contribution in [0.5, 0.6) is 5.75 Å². The van der Waals surface area contributed by atoms with Crippen LogP contribution in [0.4, 0.5) is 0 Å². The predicted molar refractivity (Wildman–Crippen MR) is 92.9 cm³/mol. The van der Waals surface area contributed by atoms with Gasteiger partial charge in [0.05, 0.1) is 15.9 Å². The second kappa shape index (κ2) is 5.22. The first-order chi connectivity index (χ1) is 11.5. The topological polar surface area (TPSA) is 72.2 Å². The van der Waals surface area contributed by atoms with E-state index in [1.54, 1.807) is 30.3 Å². The number of fused-ring (bicyclic) bond motifs is 3. The molecule has 1 heterocycles. The van der Waals surface area contributed by atoms with Crippen molar-refractivity contribution in [1.82, 2.24) is 8.96 Å². The van der Waals surface area contributed by atoms with Gasteiger partial charge in [0.15, 0.2) is 0 Å². The van der Waals surface area contributed by atoms with Gasteiger partial charge in [-0.15, -0.1) is 0 Å². The molecule has 0 saturated carbocycles. The smallest absolute Gasteiger partial charge is 0.269 e. The van der Waals surface area contributed by atoms with Gasteiger partial charge in [-0.05, 0) is 53.9 Å². The summed E-state index contributed by atoms with van der Waals surface area (Å²) in [7, 11) is -3.77. The molecule has 0 atom stereocenters. The monoisotopic (exact) mass is 358 g/mol. The van der Waals surface area contributed by atoms with Gasteiger partial charge in [0.25, 0.3) is 10.0 Å². The third kappa shape index (κ3) is 2.23. The van der Waals surface area contributed by atoms with Gasteiger partial charge >= 0.3 is 0 Å². The summed E-state index contributed by atoms with van der Waals surface area (Å²) in [6.45, 7) is 0. The quantitative estimate of drug-likeness (QED) is 0.591. The second-order valence-electron chi connectivity index (χ2n) is 5.34. The molecule has 0 aliphatic carbocycles. The van der Waals surface area contributed by atoms with E-state index < -0.39 is 10.0 Å². The van der Waals surface area contributed by atoms with E-state index in [1.807, 2.05) is 0 Å². The van der Waals surface area contributed by atoms with Crippen molar-refractivity contribution in [3.8, 4) is 5.75 Å². The normalized spacial score (nSPS) is 12.0. The summed E-state index contributed by atoms with van der Waals surface area (Å²) in [5.41, 5.74) is 1.04. The lowest BCUT2D eigenvalue weighted by molar-refractivity contribution is 0.476. The molecule has 0 spiro atoms. The Labute approximate surface area is 142 Å². The molecule has 0 unspecified atom stereocenters. The van der Waals surface area contributed by atoms with Crippen molar-refractivity contribution >= 4 is 43.4 Å². The number of rotatable bonds is 2. The highest BCUT2D eigenvalue weighted by Crippen LogP contribution is 2.29. The van der Waals surface area contributed by atoms with E-state index in [2.05, 4.69) is 4.98 Å². The summed E-state index contributed by atoms with van der Waals surface area (Å²) >= 11 is 5.83. The molecule has 1 aromatic heterocycles. The Morgan fingerprint density at radius 2 is 1.75 bits per heavy atom. The highest BCUT2D eigenvalue weighted by atomic mass is 35.5. The fourth-order valence-electron chi connectivity index (χ4n) is 2.69. The number of benzene rings is 3. The van der Waals surface area contributed by atoms with Gasteiger partial charge in [-0.1, -0.05) is 17.7 Å². The fourth-order valence-corrected chi connectivity index (χ4v) is 4.10. The molecule has 0 saturated heterocycles. The van der Waals surface area contributed by atoms with Crippen LogP contribution in [-0.2, 0) is 10.0 Å². The fraction of sp³-hybridized carbons (Fsp3) is 0. The van der Waals surface area contributed by atoms with E-state index in [0.29, 0.717) is 16.1 Å². The lowest BCUT2D eigenvalue weighted by Crippen LogP contribution is -2.11. The van der Waals surface area contributed by atoms with Crippen molar-refractivity contribution < 1.29 is 13.5 Å². The maximum Gasteiger partial charge on any atom is 0.269 e. The number of phenols is 1. The summed E-state index contributed by atoms with van der Waals surface area (Å²) < 4.78 is 26.9. The van der Waals surface area contributed by atoms with Crippen molar-refractivity contribution in [1.29, 1.82) is 0 Å². The Bertz CT molecular complexity index is 1180. The molecule has 0 fully saturated rings. The minimum Gasteiger partial charge on any atom is -0.508 e. The SMILES string of the molecule is O=S(=O)(c1ccc(Cl)cc1)n1cnc2c3ccc(O)cc3ccc21. The lowest BCUT2D eigenvalue weighted by atomic mass is 10.1. The molecule has 1 N–H and O–H groups in total. The second-order valence-corrected chi connectivity index (χ2v) is 7.59. The molecule has 120 valence electrons. The number of aromatic hydroxyl groups is 1. The summed E-state index contributed by atoms with van der Waals surface area (Å²) in [5, 5.41) is 11.6. The highest BCUT2D eigenvalue weighted by molar-refractivity contribution is 7.90. The van der Waals surface area contributed by atoms with Crippen LogP contribution in [0.15, 0.2) is 65.8 Å². The largest absolute Gasteiger partial charge is 0.508 e. The average Bonchev–Trinajstić information content (AvgIpc) is 3.00. The molecule has 0 amide bonds. The number of hydrogen-bond acceptors (Lipinski definition) is 4. The van der Waals surface area contributed by atoms with Crippen molar-refractivity contribution in [2.45, 2.75) is 4.90 Å². The molecule has 7 heteroatoms. The zero-order chi connectivity index (χ0) is 16.9. The van der Waals surface area contributed by atoms with Gasteiger partial charge in [-0.25, -0.2) is 17.4 Å². The van der Waals surface area contributed by atoms with E-state index in [1.165, 1.54) is 30.6 Å². The molecule has 4 rings (SSSR count). The van der Waals surface area contributed by atoms with E-state index >= 15 is 0 Å². The number of halogens is 1. The molecular formula is C17H11ClN2O3S. The van der Waals surface area contributed by atoms with Gasteiger partial charge in [0, 0.05) is 10.4 Å². The molecule has 4 aromatic rings. The van der Waals surface area contributed by atoms with E-state index in [0.717, 1.165) is 14.7 Å². The average molecular weight is 359 g/mol. The molecule has 0 aliphatic rings. The minimum atomic E-state index is -3.77.